The molecule has 3 heterocycles. The van der Waals surface area contributed by atoms with Crippen molar-refractivity contribution in [3.8, 4) is 22.8 Å². The maximum Gasteiger partial charge on any atom is 0.231 e. The summed E-state index contributed by atoms with van der Waals surface area (Å²) in [6.45, 7) is 4.63. The monoisotopic (exact) mass is 330 g/mol. The number of benzene rings is 1. The number of hydrogen-bond acceptors (Lipinski definition) is 6. The highest BCUT2D eigenvalue weighted by molar-refractivity contribution is 5.66. The lowest BCUT2D eigenvalue weighted by atomic mass is 10.1. The normalized spacial score (nSPS) is 20.5. The highest BCUT2D eigenvalue weighted by Crippen LogP contribution is 2.36. The zero-order chi connectivity index (χ0) is 16.4. The summed E-state index contributed by atoms with van der Waals surface area (Å²) in [5.74, 6) is 1.57. The molecule has 0 radical (unpaired) electrons. The third-order valence-electron chi connectivity index (χ3n) is 4.41. The lowest BCUT2D eigenvalue weighted by Crippen LogP contribution is -2.44. The van der Waals surface area contributed by atoms with Crippen molar-refractivity contribution in [2.45, 2.75) is 12.6 Å². The van der Waals surface area contributed by atoms with Crippen molar-refractivity contribution in [1.82, 2.24) is 20.4 Å². The molecule has 0 spiro atoms. The summed E-state index contributed by atoms with van der Waals surface area (Å²) in [7, 11) is 2.13. The Hall–Kier alpha value is -2.09. The molecular formula is C17H22N4O3. The highest BCUT2D eigenvalue weighted by Gasteiger charge is 2.18. The number of morpholine rings is 1. The van der Waals surface area contributed by atoms with E-state index in [0.29, 0.717) is 0 Å². The molecule has 4 rings (SSSR count). The van der Waals surface area contributed by atoms with Crippen molar-refractivity contribution in [2.24, 2.45) is 0 Å². The molecular weight excluding hydrogens is 308 g/mol. The minimum absolute atomic E-state index is 0.240. The zero-order valence-electron chi connectivity index (χ0n) is 13.7. The van der Waals surface area contributed by atoms with E-state index in [-0.39, 0.29) is 12.9 Å². The number of nitrogens with zero attached hydrogens (tertiary/aromatic N) is 2. The Morgan fingerprint density at radius 3 is 3.17 bits per heavy atom. The first-order valence-electron chi connectivity index (χ1n) is 8.23. The number of hydrogen-bond donors (Lipinski definition) is 2. The van der Waals surface area contributed by atoms with Gasteiger partial charge < -0.3 is 24.4 Å². The average molecular weight is 330 g/mol. The van der Waals surface area contributed by atoms with Crippen LogP contribution in [-0.4, -0.2) is 61.3 Å². The lowest BCUT2D eigenvalue weighted by molar-refractivity contribution is -0.0182. The number of aromatic amines is 1. The molecule has 0 amide bonds. The van der Waals surface area contributed by atoms with E-state index in [1.807, 2.05) is 24.4 Å². The third kappa shape index (κ3) is 3.24. The van der Waals surface area contributed by atoms with Crippen LogP contribution in [0.15, 0.2) is 24.4 Å². The van der Waals surface area contributed by atoms with Gasteiger partial charge in [-0.05, 0) is 25.2 Å². The average Bonchev–Trinajstić information content (AvgIpc) is 3.23. The molecule has 2 aliphatic rings. The number of ether oxygens (including phenoxy) is 3. The van der Waals surface area contributed by atoms with Crippen LogP contribution in [0.5, 0.6) is 11.5 Å². The van der Waals surface area contributed by atoms with Gasteiger partial charge in [-0.15, -0.1) is 0 Å². The summed E-state index contributed by atoms with van der Waals surface area (Å²) >= 11 is 0. The first-order valence-corrected chi connectivity index (χ1v) is 8.23. The molecule has 1 fully saturated rings. The molecule has 1 aromatic heterocycles. The van der Waals surface area contributed by atoms with Gasteiger partial charge in [0.05, 0.1) is 24.6 Å². The van der Waals surface area contributed by atoms with Crippen molar-refractivity contribution in [2.75, 3.05) is 40.1 Å². The highest BCUT2D eigenvalue weighted by atomic mass is 16.7. The van der Waals surface area contributed by atoms with E-state index in [9.17, 15) is 0 Å². The number of nitrogens with one attached hydrogen (secondary N) is 2. The minimum atomic E-state index is 0.240. The Morgan fingerprint density at radius 1 is 1.33 bits per heavy atom. The van der Waals surface area contributed by atoms with Crippen LogP contribution in [-0.2, 0) is 11.3 Å². The molecule has 7 nitrogen and oxygen atoms in total. The van der Waals surface area contributed by atoms with Crippen LogP contribution >= 0.6 is 0 Å². The molecule has 0 saturated carbocycles. The molecule has 2 aromatic rings. The van der Waals surface area contributed by atoms with Gasteiger partial charge >= 0.3 is 0 Å². The van der Waals surface area contributed by atoms with Gasteiger partial charge in [0.15, 0.2) is 11.5 Å². The fourth-order valence-corrected chi connectivity index (χ4v) is 3.11. The third-order valence-corrected chi connectivity index (χ3v) is 4.41. The molecule has 24 heavy (non-hydrogen) atoms. The molecule has 7 heteroatoms. The van der Waals surface area contributed by atoms with E-state index in [1.165, 1.54) is 0 Å². The molecule has 0 unspecified atom stereocenters. The van der Waals surface area contributed by atoms with Gasteiger partial charge in [0.25, 0.3) is 0 Å². The first-order chi connectivity index (χ1) is 11.8. The van der Waals surface area contributed by atoms with Crippen LogP contribution in [0.25, 0.3) is 11.3 Å². The van der Waals surface area contributed by atoms with Gasteiger partial charge in [-0.3, -0.25) is 5.10 Å². The molecule has 0 bridgehead atoms. The number of H-pyrrole nitrogens is 1. The van der Waals surface area contributed by atoms with Crippen LogP contribution in [0.2, 0.25) is 0 Å². The summed E-state index contributed by atoms with van der Waals surface area (Å²) < 4.78 is 16.6. The topological polar surface area (TPSA) is 71.6 Å². The number of fused-ring (bicyclic) bond motifs is 1. The van der Waals surface area contributed by atoms with Gasteiger partial charge in [-0.25, -0.2) is 0 Å². The van der Waals surface area contributed by atoms with Gasteiger partial charge in [-0.2, -0.15) is 5.10 Å². The summed E-state index contributed by atoms with van der Waals surface area (Å²) in [5.41, 5.74) is 3.17. The smallest absolute Gasteiger partial charge is 0.231 e. The van der Waals surface area contributed by atoms with Crippen LogP contribution in [0, 0.1) is 0 Å². The molecule has 1 saturated heterocycles. The first kappa shape index (κ1) is 15.4. The fourth-order valence-electron chi connectivity index (χ4n) is 3.11. The Morgan fingerprint density at radius 2 is 2.25 bits per heavy atom. The number of likely N-dealkylation sites (N-methyl/N-ethyl adjacent to an activating group) is 1. The number of rotatable bonds is 5. The molecule has 2 N–H and O–H groups in total. The van der Waals surface area contributed by atoms with E-state index >= 15 is 0 Å². The van der Waals surface area contributed by atoms with Crippen molar-refractivity contribution < 1.29 is 14.2 Å². The second-order valence-electron chi connectivity index (χ2n) is 6.22. The van der Waals surface area contributed by atoms with Gasteiger partial charge in [-0.1, -0.05) is 0 Å². The maximum atomic E-state index is 5.78. The Labute approximate surface area is 140 Å². The van der Waals surface area contributed by atoms with Crippen LogP contribution in [0.4, 0.5) is 0 Å². The second-order valence-corrected chi connectivity index (χ2v) is 6.22. The molecule has 0 aliphatic carbocycles. The Kier molecular flexibility index (Phi) is 4.38. The summed E-state index contributed by atoms with van der Waals surface area (Å²) in [4.78, 5) is 2.30. The predicted octanol–water partition coefficient (Wildman–Crippen LogP) is 1.23. The number of aromatic nitrogens is 2. The predicted molar refractivity (Wildman–Crippen MR) is 89.1 cm³/mol. The van der Waals surface area contributed by atoms with Gasteiger partial charge in [0.1, 0.15) is 0 Å². The summed E-state index contributed by atoms with van der Waals surface area (Å²) in [6.07, 6.45) is 2.10. The van der Waals surface area contributed by atoms with Crippen LogP contribution < -0.4 is 14.8 Å². The Balaban J connectivity index is 1.39. The zero-order valence-corrected chi connectivity index (χ0v) is 13.7. The van der Waals surface area contributed by atoms with Crippen LogP contribution in [0.3, 0.4) is 0 Å². The largest absolute Gasteiger partial charge is 0.454 e. The van der Waals surface area contributed by atoms with Crippen molar-refractivity contribution in [3.05, 3.63) is 30.0 Å². The van der Waals surface area contributed by atoms with E-state index in [2.05, 4.69) is 27.5 Å². The van der Waals surface area contributed by atoms with Crippen molar-refractivity contribution in [3.63, 3.8) is 0 Å². The van der Waals surface area contributed by atoms with Crippen LogP contribution in [0.1, 0.15) is 5.56 Å². The SMILES string of the molecule is CN1CCO[C@H](CNCc2cn[nH]c2-c2ccc3c(c2)OCO3)C1. The fraction of sp³-hybridized carbons (Fsp3) is 0.471. The molecule has 128 valence electrons. The Bertz CT molecular complexity index is 703. The summed E-state index contributed by atoms with van der Waals surface area (Å²) in [6, 6.07) is 5.93. The van der Waals surface area contributed by atoms with Gasteiger partial charge in [0, 0.05) is 37.3 Å². The quantitative estimate of drug-likeness (QED) is 0.859. The molecule has 2 aliphatic heterocycles. The van der Waals surface area contributed by atoms with E-state index in [1.54, 1.807) is 0 Å². The minimum Gasteiger partial charge on any atom is -0.454 e. The summed E-state index contributed by atoms with van der Waals surface area (Å²) in [5, 5.41) is 10.7. The molecule has 1 aromatic carbocycles. The van der Waals surface area contributed by atoms with Gasteiger partial charge in [0.2, 0.25) is 6.79 Å². The molecule has 1 atom stereocenters. The van der Waals surface area contributed by atoms with Crippen molar-refractivity contribution in [1.29, 1.82) is 0 Å². The maximum absolute atomic E-state index is 5.78. The van der Waals surface area contributed by atoms with E-state index in [4.69, 9.17) is 14.2 Å². The van der Waals surface area contributed by atoms with E-state index < -0.39 is 0 Å². The lowest BCUT2D eigenvalue weighted by Gasteiger charge is -2.30. The van der Waals surface area contributed by atoms with Crippen molar-refractivity contribution >= 4 is 0 Å². The van der Waals surface area contributed by atoms with E-state index in [0.717, 1.165) is 61.1 Å². The second kappa shape index (κ2) is 6.80. The standard InChI is InChI=1S/C17H22N4O3/c1-21-4-5-22-14(10-21)9-18-7-13-8-19-20-17(13)12-2-3-15-16(6-12)24-11-23-15/h2-3,6,8,14,18H,4-5,7,9-11H2,1H3,(H,19,20)/t14-/m1/s1.